The number of carbonyl (C=O) groups excluding carboxylic acids is 1. The largest absolute Gasteiger partial charge is 0.350 e. The van der Waals surface area contributed by atoms with Gasteiger partial charge in [0, 0.05) is 29.7 Å². The second-order valence-corrected chi connectivity index (χ2v) is 8.39. The Morgan fingerprint density at radius 1 is 1.30 bits per heavy atom. The van der Waals surface area contributed by atoms with Crippen molar-refractivity contribution in [2.45, 2.75) is 12.8 Å². The van der Waals surface area contributed by atoms with Crippen molar-refractivity contribution in [1.29, 1.82) is 0 Å². The third-order valence-electron chi connectivity index (χ3n) is 5.08. The first-order valence-electron chi connectivity index (χ1n) is 9.48. The van der Waals surface area contributed by atoms with Gasteiger partial charge in [-0.1, -0.05) is 28.1 Å². The third-order valence-corrected chi connectivity index (χ3v) is 5.61. The van der Waals surface area contributed by atoms with Gasteiger partial charge in [0.25, 0.3) is 5.91 Å². The summed E-state index contributed by atoms with van der Waals surface area (Å²) in [4.78, 5) is 17.2. The fourth-order valence-electron chi connectivity index (χ4n) is 3.29. The van der Waals surface area contributed by atoms with Crippen LogP contribution in [0.5, 0.6) is 0 Å². The Bertz CT molecular complexity index is 735. The van der Waals surface area contributed by atoms with E-state index in [4.69, 9.17) is 0 Å². The van der Waals surface area contributed by atoms with Gasteiger partial charge >= 0.3 is 0 Å². The van der Waals surface area contributed by atoms with E-state index in [2.05, 4.69) is 55.3 Å². The fraction of sp³-hybridized carbons (Fsp3) is 0.500. The van der Waals surface area contributed by atoms with Gasteiger partial charge in [-0.15, -0.1) is 0 Å². The molecule has 0 radical (unpaired) electrons. The van der Waals surface area contributed by atoms with Crippen LogP contribution in [0.1, 0.15) is 23.3 Å². The van der Waals surface area contributed by atoms with E-state index in [1.165, 1.54) is 0 Å². The number of rotatable bonds is 7. The van der Waals surface area contributed by atoms with E-state index in [9.17, 15) is 4.79 Å². The first-order valence-corrected chi connectivity index (χ1v) is 10.3. The standard InChI is InChI=1S/C20H28BrN5O/c1-25(2)11-12-26-9-7-15(8-10-26)14-22-20(27)19-13-18(23-24-19)16-3-5-17(21)6-4-16/h3-6,13,15H,7-12,14H2,1-2H3,(H,22,27)(H,23,24). The molecule has 2 aromatic rings. The van der Waals surface area contributed by atoms with Crippen molar-refractivity contribution in [3.8, 4) is 11.3 Å². The summed E-state index contributed by atoms with van der Waals surface area (Å²) in [6, 6.07) is 9.70. The summed E-state index contributed by atoms with van der Waals surface area (Å²) in [5, 5.41) is 10.2. The number of amides is 1. The SMILES string of the molecule is CN(C)CCN1CCC(CNC(=O)c2cc(-c3ccc(Br)cc3)n[nH]2)CC1. The number of likely N-dealkylation sites (tertiary alicyclic amines) is 1. The minimum atomic E-state index is -0.0825. The van der Waals surface area contributed by atoms with Gasteiger partial charge in [0.05, 0.1) is 5.69 Å². The molecule has 3 rings (SSSR count). The highest BCUT2D eigenvalue weighted by Gasteiger charge is 2.20. The lowest BCUT2D eigenvalue weighted by Crippen LogP contribution is -2.41. The average Bonchev–Trinajstić information content (AvgIpc) is 3.16. The number of piperidine rings is 1. The van der Waals surface area contributed by atoms with Crippen molar-refractivity contribution in [1.82, 2.24) is 25.3 Å². The molecule has 1 aromatic carbocycles. The number of H-pyrrole nitrogens is 1. The minimum Gasteiger partial charge on any atom is -0.350 e. The maximum absolute atomic E-state index is 12.4. The molecule has 6 nitrogen and oxygen atoms in total. The molecule has 146 valence electrons. The van der Waals surface area contributed by atoms with Gasteiger partial charge in [0.1, 0.15) is 5.69 Å². The number of nitrogens with zero attached hydrogens (tertiary/aromatic N) is 3. The molecule has 1 fully saturated rings. The summed E-state index contributed by atoms with van der Waals surface area (Å²) >= 11 is 3.43. The topological polar surface area (TPSA) is 64.3 Å². The Balaban J connectivity index is 1.44. The van der Waals surface area contributed by atoms with Crippen LogP contribution in [0.3, 0.4) is 0 Å². The lowest BCUT2D eigenvalue weighted by Gasteiger charge is -2.32. The summed E-state index contributed by atoms with van der Waals surface area (Å²) in [5.74, 6) is 0.472. The smallest absolute Gasteiger partial charge is 0.269 e. The molecule has 1 aliphatic heterocycles. The Morgan fingerprint density at radius 2 is 2.00 bits per heavy atom. The molecule has 7 heteroatoms. The normalized spacial score (nSPS) is 16.0. The zero-order valence-corrected chi connectivity index (χ0v) is 17.6. The Kier molecular flexibility index (Phi) is 7.04. The lowest BCUT2D eigenvalue weighted by atomic mass is 9.97. The zero-order chi connectivity index (χ0) is 19.2. The van der Waals surface area contributed by atoms with Crippen LogP contribution in [0, 0.1) is 5.92 Å². The average molecular weight is 434 g/mol. The van der Waals surface area contributed by atoms with Crippen molar-refractivity contribution in [2.75, 3.05) is 46.8 Å². The number of aromatic amines is 1. The number of likely N-dealkylation sites (N-methyl/N-ethyl adjacent to an activating group) is 1. The highest BCUT2D eigenvalue weighted by Crippen LogP contribution is 2.21. The van der Waals surface area contributed by atoms with Crippen LogP contribution in [0.2, 0.25) is 0 Å². The summed E-state index contributed by atoms with van der Waals surface area (Å²) in [6.45, 7) is 5.19. The molecule has 1 aromatic heterocycles. The Hall–Kier alpha value is -1.70. The Labute approximate surface area is 169 Å². The van der Waals surface area contributed by atoms with Gasteiger partial charge in [-0.05, 0) is 64.1 Å². The molecular weight excluding hydrogens is 406 g/mol. The first kappa shape index (κ1) is 20.0. The molecule has 1 saturated heterocycles. The van der Waals surface area contributed by atoms with E-state index < -0.39 is 0 Å². The predicted octanol–water partition coefficient (Wildman–Crippen LogP) is 2.84. The van der Waals surface area contributed by atoms with E-state index >= 15 is 0 Å². The second kappa shape index (κ2) is 9.48. The molecule has 0 aliphatic carbocycles. The highest BCUT2D eigenvalue weighted by molar-refractivity contribution is 9.10. The number of hydrogen-bond acceptors (Lipinski definition) is 4. The van der Waals surface area contributed by atoms with E-state index in [-0.39, 0.29) is 5.91 Å². The molecule has 1 aliphatic rings. The van der Waals surface area contributed by atoms with Crippen LogP contribution < -0.4 is 5.32 Å². The summed E-state index contributed by atoms with van der Waals surface area (Å²) in [7, 11) is 4.22. The van der Waals surface area contributed by atoms with Crippen LogP contribution in [0.15, 0.2) is 34.8 Å². The molecule has 0 bridgehead atoms. The summed E-state index contributed by atoms with van der Waals surface area (Å²) < 4.78 is 1.02. The van der Waals surface area contributed by atoms with Gasteiger partial charge in [0.15, 0.2) is 0 Å². The van der Waals surface area contributed by atoms with Crippen LogP contribution in [-0.4, -0.2) is 72.7 Å². The third kappa shape index (κ3) is 5.89. The van der Waals surface area contributed by atoms with Crippen molar-refractivity contribution in [2.24, 2.45) is 5.92 Å². The van der Waals surface area contributed by atoms with Gasteiger partial charge in [-0.2, -0.15) is 5.10 Å². The van der Waals surface area contributed by atoms with E-state index in [0.717, 1.165) is 61.3 Å². The van der Waals surface area contributed by atoms with Gasteiger partial charge in [-0.3, -0.25) is 9.89 Å². The first-order chi connectivity index (χ1) is 13.0. The second-order valence-electron chi connectivity index (χ2n) is 7.47. The van der Waals surface area contributed by atoms with Crippen molar-refractivity contribution >= 4 is 21.8 Å². The molecule has 0 atom stereocenters. The number of benzene rings is 1. The number of nitrogens with one attached hydrogen (secondary N) is 2. The van der Waals surface area contributed by atoms with E-state index in [1.807, 2.05) is 30.3 Å². The quantitative estimate of drug-likeness (QED) is 0.704. The number of halogens is 1. The lowest BCUT2D eigenvalue weighted by molar-refractivity contribution is 0.0930. The zero-order valence-electron chi connectivity index (χ0n) is 16.0. The van der Waals surface area contributed by atoms with Gasteiger partial charge < -0.3 is 15.1 Å². The molecule has 2 N–H and O–H groups in total. The maximum Gasteiger partial charge on any atom is 0.269 e. The predicted molar refractivity (Wildman–Crippen MR) is 112 cm³/mol. The van der Waals surface area contributed by atoms with Crippen molar-refractivity contribution in [3.63, 3.8) is 0 Å². The molecule has 0 saturated carbocycles. The highest BCUT2D eigenvalue weighted by atomic mass is 79.9. The van der Waals surface area contributed by atoms with Crippen LogP contribution in [-0.2, 0) is 0 Å². The number of hydrogen-bond donors (Lipinski definition) is 2. The molecule has 2 heterocycles. The van der Waals surface area contributed by atoms with Crippen LogP contribution >= 0.6 is 15.9 Å². The minimum absolute atomic E-state index is 0.0825. The number of carbonyl (C=O) groups is 1. The van der Waals surface area contributed by atoms with Crippen LogP contribution in [0.4, 0.5) is 0 Å². The molecule has 1 amide bonds. The van der Waals surface area contributed by atoms with Crippen LogP contribution in [0.25, 0.3) is 11.3 Å². The fourth-order valence-corrected chi connectivity index (χ4v) is 3.56. The molecule has 27 heavy (non-hydrogen) atoms. The van der Waals surface area contributed by atoms with Gasteiger partial charge in [0.2, 0.25) is 0 Å². The van der Waals surface area contributed by atoms with Crippen molar-refractivity contribution < 1.29 is 4.79 Å². The summed E-state index contributed by atoms with van der Waals surface area (Å²) in [6.07, 6.45) is 2.28. The summed E-state index contributed by atoms with van der Waals surface area (Å²) in [5.41, 5.74) is 2.27. The molecular formula is C20H28BrN5O. The van der Waals surface area contributed by atoms with E-state index in [1.54, 1.807) is 0 Å². The van der Waals surface area contributed by atoms with Gasteiger partial charge in [-0.25, -0.2) is 0 Å². The maximum atomic E-state index is 12.4. The number of aromatic nitrogens is 2. The molecule has 0 unspecified atom stereocenters. The Morgan fingerprint density at radius 3 is 2.67 bits per heavy atom. The monoisotopic (exact) mass is 433 g/mol. The van der Waals surface area contributed by atoms with E-state index in [0.29, 0.717) is 11.6 Å². The molecule has 0 spiro atoms. The van der Waals surface area contributed by atoms with Crippen molar-refractivity contribution in [3.05, 3.63) is 40.5 Å².